The molecule has 0 amide bonds. The molecule has 3 aromatic carbocycles. The molecule has 16 atom stereocenters. The van der Waals surface area contributed by atoms with Crippen LogP contribution in [-0.4, -0.2) is 208 Å². The van der Waals surface area contributed by atoms with Crippen molar-refractivity contribution >= 4 is 30.1 Å². The molecule has 27 heteroatoms. The van der Waals surface area contributed by atoms with Gasteiger partial charge >= 0.3 is 17.9 Å². The average molecular weight is 1040 g/mol. The first-order valence-electron chi connectivity index (χ1n) is 22.0. The van der Waals surface area contributed by atoms with Crippen LogP contribution < -0.4 is 18.9 Å². The monoisotopic (exact) mass is 1040 g/mol. The van der Waals surface area contributed by atoms with Gasteiger partial charge in [-0.2, -0.15) is 0 Å². The lowest BCUT2D eigenvalue weighted by Gasteiger charge is -2.41. The lowest BCUT2D eigenvalue weighted by atomic mass is 9.98. The summed E-state index contributed by atoms with van der Waals surface area (Å²) in [6.45, 7) is -2.30. The molecule has 0 aliphatic carbocycles. The first-order valence-corrected chi connectivity index (χ1v) is 22.0. The molecule has 27 nitrogen and oxygen atoms in total. The van der Waals surface area contributed by atoms with E-state index in [0.717, 1.165) is 30.4 Å². The second-order valence-corrected chi connectivity index (χ2v) is 16.9. The third-order valence-corrected chi connectivity index (χ3v) is 11.8. The number of aromatic hydroxyl groups is 3. The molecule has 73 heavy (non-hydrogen) atoms. The van der Waals surface area contributed by atoms with Crippen LogP contribution in [0.2, 0.25) is 0 Å². The van der Waals surface area contributed by atoms with Crippen LogP contribution >= 0.6 is 0 Å². The van der Waals surface area contributed by atoms with Crippen molar-refractivity contribution in [2.75, 3.05) is 26.9 Å². The number of hydrogen-bond acceptors (Lipinski definition) is 26. The zero-order valence-electron chi connectivity index (χ0n) is 38.0. The van der Waals surface area contributed by atoms with E-state index in [1.807, 2.05) is 0 Å². The number of phenolic OH excluding ortho intramolecular Hbond substituents is 3. The number of aliphatic hydroxyl groups is 10. The van der Waals surface area contributed by atoms with E-state index in [1.54, 1.807) is 0 Å². The van der Waals surface area contributed by atoms with Crippen molar-refractivity contribution in [3.05, 3.63) is 77.1 Å². The number of ether oxygens (including phenoxy) is 10. The van der Waals surface area contributed by atoms with Crippen LogP contribution in [0.15, 0.2) is 60.4 Å². The molecule has 7 rings (SSSR count). The third kappa shape index (κ3) is 12.3. The summed E-state index contributed by atoms with van der Waals surface area (Å²) >= 11 is 0. The first kappa shape index (κ1) is 54.2. The molecule has 0 aromatic heterocycles. The van der Waals surface area contributed by atoms with Gasteiger partial charge in [0, 0.05) is 23.8 Å². The number of fused-ring (bicyclic) bond motifs is 1. The smallest absolute Gasteiger partial charge is 0.330 e. The molecule has 4 aliphatic rings. The maximum absolute atomic E-state index is 12.6. The molecule has 0 radical (unpaired) electrons. The van der Waals surface area contributed by atoms with Crippen molar-refractivity contribution in [3.63, 3.8) is 0 Å². The summed E-state index contributed by atoms with van der Waals surface area (Å²) in [6, 6.07) is 9.90. The van der Waals surface area contributed by atoms with E-state index in [9.17, 15) is 80.8 Å². The van der Waals surface area contributed by atoms with E-state index in [4.69, 9.17) is 52.5 Å². The number of carbonyl (C=O) groups is 3. The molecule has 14 N–H and O–H groups in total. The molecule has 0 bridgehead atoms. The predicted octanol–water partition coefficient (Wildman–Crippen LogP) is -3.25. The number of carbonyl (C=O) groups excluding carboxylic acids is 2. The highest BCUT2D eigenvalue weighted by Gasteiger charge is 2.49. The third-order valence-electron chi connectivity index (χ3n) is 11.8. The van der Waals surface area contributed by atoms with Gasteiger partial charge in [-0.3, -0.25) is 9.59 Å². The van der Waals surface area contributed by atoms with Gasteiger partial charge in [-0.1, -0.05) is 12.1 Å². The van der Waals surface area contributed by atoms with Gasteiger partial charge in [0.05, 0.1) is 19.3 Å². The van der Waals surface area contributed by atoms with Crippen molar-refractivity contribution in [1.82, 2.24) is 0 Å². The minimum atomic E-state index is -2.05. The normalized spacial score (nSPS) is 32.1. The summed E-state index contributed by atoms with van der Waals surface area (Å²) < 4.78 is 55.8. The topological polar surface area (TPSA) is 427 Å². The fraction of sp³-hybridized carbons (Fsp3) is 0.457. The highest BCUT2D eigenvalue weighted by Crippen LogP contribution is 2.46. The molecular formula is C46H52O27. The van der Waals surface area contributed by atoms with E-state index in [-0.39, 0.29) is 39.9 Å². The quantitative estimate of drug-likeness (QED) is 0.0359. The number of aliphatic hydroxyl groups excluding tert-OH is 10. The number of carboxylic acid groups (broad SMARTS) is 1. The molecule has 4 heterocycles. The Hall–Kier alpha value is -6.57. The number of phenols is 3. The number of hydrogen-bond donors (Lipinski definition) is 14. The van der Waals surface area contributed by atoms with Crippen LogP contribution in [0, 0.1) is 0 Å². The number of methoxy groups -OCH3 is 1. The minimum Gasteiger partial charge on any atom is -0.507 e. The van der Waals surface area contributed by atoms with Crippen LogP contribution in [0.25, 0.3) is 12.2 Å². The van der Waals surface area contributed by atoms with Crippen LogP contribution in [0.3, 0.4) is 0 Å². The van der Waals surface area contributed by atoms with Gasteiger partial charge in [0.15, 0.2) is 29.1 Å². The van der Waals surface area contributed by atoms with Crippen molar-refractivity contribution in [2.45, 2.75) is 105 Å². The zero-order chi connectivity index (χ0) is 53.0. The number of aliphatic carboxylic acids is 1. The number of benzene rings is 3. The van der Waals surface area contributed by atoms with E-state index in [1.165, 1.54) is 43.5 Å². The largest absolute Gasteiger partial charge is 0.507 e. The van der Waals surface area contributed by atoms with E-state index in [2.05, 4.69) is 0 Å². The number of rotatable bonds is 17. The van der Waals surface area contributed by atoms with Gasteiger partial charge in [-0.25, -0.2) is 4.79 Å². The summed E-state index contributed by atoms with van der Waals surface area (Å²) in [4.78, 5) is 35.6. The van der Waals surface area contributed by atoms with Gasteiger partial charge in [0.1, 0.15) is 116 Å². The molecule has 3 saturated heterocycles. The van der Waals surface area contributed by atoms with Gasteiger partial charge in [-0.05, 0) is 42.0 Å². The van der Waals surface area contributed by atoms with E-state index in [0.29, 0.717) is 5.56 Å². The summed E-state index contributed by atoms with van der Waals surface area (Å²) in [5.41, 5.74) is 0.279. The van der Waals surface area contributed by atoms with Gasteiger partial charge in [0.25, 0.3) is 0 Å². The van der Waals surface area contributed by atoms with Crippen LogP contribution in [-0.2, 0) is 42.8 Å². The fourth-order valence-electron chi connectivity index (χ4n) is 7.80. The number of esters is 2. The Morgan fingerprint density at radius 3 is 1.79 bits per heavy atom. The van der Waals surface area contributed by atoms with Gasteiger partial charge < -0.3 is 119 Å². The maximum Gasteiger partial charge on any atom is 0.330 e. The Morgan fingerprint density at radius 2 is 1.18 bits per heavy atom. The Balaban J connectivity index is 1.15. The maximum atomic E-state index is 12.6. The number of carboxylic acids is 1. The van der Waals surface area contributed by atoms with Crippen LogP contribution in [0.1, 0.15) is 29.2 Å². The van der Waals surface area contributed by atoms with Crippen LogP contribution in [0.4, 0.5) is 0 Å². The Morgan fingerprint density at radius 1 is 0.616 bits per heavy atom. The lowest BCUT2D eigenvalue weighted by molar-refractivity contribution is -0.294. The molecule has 4 aliphatic heterocycles. The van der Waals surface area contributed by atoms with Crippen molar-refractivity contribution < 1.29 is 133 Å². The molecule has 0 spiro atoms. The average Bonchev–Trinajstić information content (AvgIpc) is 3.36. The second-order valence-electron chi connectivity index (χ2n) is 16.9. The molecular weight excluding hydrogens is 984 g/mol. The highest BCUT2D eigenvalue weighted by atomic mass is 16.7. The van der Waals surface area contributed by atoms with Crippen molar-refractivity contribution in [2.24, 2.45) is 0 Å². The molecule has 3 fully saturated rings. The Bertz CT molecular complexity index is 2510. The molecule has 16 unspecified atom stereocenters. The summed E-state index contributed by atoms with van der Waals surface area (Å²) in [5.74, 6) is -6.21. The standard InChI is InChI=1S/C46H52O27/c1-64-25-8-17(2-5-21(25)48)3-7-32(53)65-15-29-35(56)38(59)40(61)44(72-29)67-19-10-23(50)20-12-27(70-46-42(63)39(60)36(57)30(73-46)16-66-33(54)13-31(51)52)43(68-24(20)11-19)18-4-6-22(49)26(9-18)69-45-41(62)37(58)34(55)28(14-47)71-45/h2-12,28-30,34-50,55-63H,13-16H2,1H3,(H,51,52). The zero-order valence-corrected chi connectivity index (χ0v) is 38.0. The lowest BCUT2D eigenvalue weighted by Crippen LogP contribution is -2.60. The van der Waals surface area contributed by atoms with Crippen molar-refractivity contribution in [1.29, 1.82) is 0 Å². The molecule has 3 aromatic rings. The van der Waals surface area contributed by atoms with Gasteiger partial charge in [-0.15, -0.1) is 0 Å². The summed E-state index contributed by atoms with van der Waals surface area (Å²) in [7, 11) is 1.34. The molecule has 398 valence electrons. The SMILES string of the molecule is COc1cc(C=CC(=O)OCC2OC(Oc3cc(O)c4c(c3)OC(c3ccc(O)c(OC5OC(CO)C(O)C(O)C5O)c3)C(OC3OC(COC(=O)CC(=O)O)C(O)C(O)C3O)=C4)C(O)C(O)C2O)ccc1O. The molecule has 0 saturated carbocycles. The fourth-order valence-corrected chi connectivity index (χ4v) is 7.80. The predicted molar refractivity (Wildman–Crippen MR) is 235 cm³/mol. The van der Waals surface area contributed by atoms with E-state index < -0.39 is 160 Å². The Kier molecular flexibility index (Phi) is 17.2. The first-order chi connectivity index (χ1) is 34.7. The second kappa shape index (κ2) is 23.1. The minimum absolute atomic E-state index is 0.0108. The summed E-state index contributed by atoms with van der Waals surface area (Å²) in [5, 5.41) is 147. The van der Waals surface area contributed by atoms with Gasteiger partial charge in [0.2, 0.25) is 18.9 Å². The van der Waals surface area contributed by atoms with Crippen molar-refractivity contribution in [3.8, 4) is 40.2 Å². The van der Waals surface area contributed by atoms with E-state index >= 15 is 0 Å². The summed E-state index contributed by atoms with van der Waals surface area (Å²) in [6.07, 6.45) is -26.4. The van der Waals surface area contributed by atoms with Crippen LogP contribution in [0.5, 0.6) is 40.2 Å². The Labute approximate surface area is 411 Å². The highest BCUT2D eigenvalue weighted by molar-refractivity contribution is 5.90.